The number of aliphatic hydroxyl groups excluding tert-OH is 1. The van der Waals surface area contributed by atoms with Crippen molar-refractivity contribution < 1.29 is 14.6 Å². The second-order valence-corrected chi connectivity index (χ2v) is 3.77. The Morgan fingerprint density at radius 2 is 2.14 bits per heavy atom. The number of aromatic hydroxyl groups is 1. The van der Waals surface area contributed by atoms with E-state index in [0.29, 0.717) is 0 Å². The lowest BCUT2D eigenvalue weighted by atomic mass is 10.0. The molecule has 1 rings (SSSR count). The van der Waals surface area contributed by atoms with Gasteiger partial charge in [-0.1, -0.05) is 0 Å². The van der Waals surface area contributed by atoms with Crippen molar-refractivity contribution in [3.63, 3.8) is 0 Å². The molecule has 0 amide bonds. The summed E-state index contributed by atoms with van der Waals surface area (Å²) in [4.78, 5) is 0. The smallest absolute Gasteiger partial charge is 0.145 e. The Morgan fingerprint density at radius 1 is 1.50 bits per heavy atom. The van der Waals surface area contributed by atoms with E-state index in [1.807, 2.05) is 0 Å². The minimum Gasteiger partial charge on any atom is -0.507 e. The molecule has 0 aromatic heterocycles. The van der Waals surface area contributed by atoms with Gasteiger partial charge in [0.1, 0.15) is 11.6 Å². The van der Waals surface area contributed by atoms with Gasteiger partial charge in [-0.2, -0.15) is 0 Å². The average molecular weight is 264 g/mol. The summed E-state index contributed by atoms with van der Waals surface area (Å²) in [5.41, 5.74) is 5.63. The van der Waals surface area contributed by atoms with Crippen molar-refractivity contribution in [3.05, 3.63) is 28.0 Å². The number of phenols is 1. The zero-order valence-corrected chi connectivity index (χ0v) is 8.96. The van der Waals surface area contributed by atoms with E-state index in [4.69, 9.17) is 10.8 Å². The molecule has 3 nitrogen and oxygen atoms in total. The molecular formula is C9H11BrFNO2. The molecule has 4 N–H and O–H groups in total. The van der Waals surface area contributed by atoms with Gasteiger partial charge in [-0.25, -0.2) is 4.39 Å². The maximum absolute atomic E-state index is 13.5. The molecule has 1 aromatic rings. The van der Waals surface area contributed by atoms with Crippen molar-refractivity contribution in [2.24, 2.45) is 5.73 Å². The lowest BCUT2D eigenvalue weighted by Crippen LogP contribution is -2.14. The van der Waals surface area contributed by atoms with Crippen molar-refractivity contribution >= 4 is 15.9 Å². The third-order valence-electron chi connectivity index (χ3n) is 1.92. The fraction of sp³-hybridized carbons (Fsp3) is 0.333. The summed E-state index contributed by atoms with van der Waals surface area (Å²) in [6, 6.07) is 2.07. The van der Waals surface area contributed by atoms with Crippen LogP contribution in [0.1, 0.15) is 18.0 Å². The molecule has 0 saturated heterocycles. The largest absolute Gasteiger partial charge is 0.507 e. The quantitative estimate of drug-likeness (QED) is 0.778. The molecule has 5 heteroatoms. The molecule has 1 aromatic carbocycles. The van der Waals surface area contributed by atoms with Crippen LogP contribution in [0, 0.1) is 5.82 Å². The van der Waals surface area contributed by atoms with Crippen molar-refractivity contribution in [1.82, 2.24) is 0 Å². The molecule has 0 bridgehead atoms. The standard InChI is InChI=1S/C9H11BrFNO2/c10-5-1-2-7(14)8(9(5)11)6(12)3-4-13/h1-2,6,13-14H,3-4,12H2. The van der Waals surface area contributed by atoms with Gasteiger partial charge < -0.3 is 15.9 Å². The van der Waals surface area contributed by atoms with E-state index in [9.17, 15) is 9.50 Å². The number of aliphatic hydroxyl groups is 1. The Hall–Kier alpha value is -0.650. The van der Waals surface area contributed by atoms with Crippen molar-refractivity contribution in [3.8, 4) is 5.75 Å². The number of benzene rings is 1. The van der Waals surface area contributed by atoms with Gasteiger partial charge in [0.25, 0.3) is 0 Å². The third-order valence-corrected chi connectivity index (χ3v) is 2.53. The lowest BCUT2D eigenvalue weighted by molar-refractivity contribution is 0.274. The van der Waals surface area contributed by atoms with Gasteiger partial charge in [-0.15, -0.1) is 0 Å². The predicted octanol–water partition coefficient (Wildman–Crippen LogP) is 1.68. The van der Waals surface area contributed by atoms with Crippen molar-refractivity contribution in [1.29, 1.82) is 0 Å². The first kappa shape index (κ1) is 11.4. The molecule has 0 aliphatic carbocycles. The van der Waals surface area contributed by atoms with Crippen LogP contribution in [0.5, 0.6) is 5.75 Å². The van der Waals surface area contributed by atoms with E-state index < -0.39 is 11.9 Å². The number of phenolic OH excluding ortho intramolecular Hbond substituents is 1. The summed E-state index contributed by atoms with van der Waals surface area (Å²) in [6.45, 7) is -0.146. The number of hydrogen-bond donors (Lipinski definition) is 3. The maximum Gasteiger partial charge on any atom is 0.145 e. The minimum atomic E-state index is -0.697. The van der Waals surface area contributed by atoms with Gasteiger partial charge in [-0.3, -0.25) is 0 Å². The Labute approximate surface area is 89.5 Å². The SMILES string of the molecule is NC(CCO)c1c(O)ccc(Br)c1F. The summed E-state index contributed by atoms with van der Waals surface area (Å²) in [6.07, 6.45) is 0.209. The molecular weight excluding hydrogens is 253 g/mol. The highest BCUT2D eigenvalue weighted by Gasteiger charge is 2.17. The highest BCUT2D eigenvalue weighted by Crippen LogP contribution is 2.31. The first-order chi connectivity index (χ1) is 6.57. The fourth-order valence-corrected chi connectivity index (χ4v) is 1.54. The summed E-state index contributed by atoms with van der Waals surface area (Å²) < 4.78 is 13.7. The van der Waals surface area contributed by atoms with Crippen LogP contribution in [0.4, 0.5) is 4.39 Å². The van der Waals surface area contributed by atoms with Crippen LogP contribution in [0.3, 0.4) is 0 Å². The highest BCUT2D eigenvalue weighted by atomic mass is 79.9. The molecule has 14 heavy (non-hydrogen) atoms. The molecule has 0 saturated carbocycles. The van der Waals surface area contributed by atoms with Crippen LogP contribution in [-0.2, 0) is 0 Å². The van der Waals surface area contributed by atoms with Crippen LogP contribution in [-0.4, -0.2) is 16.8 Å². The highest BCUT2D eigenvalue weighted by molar-refractivity contribution is 9.10. The van der Waals surface area contributed by atoms with E-state index >= 15 is 0 Å². The third kappa shape index (κ3) is 2.23. The molecule has 0 aliphatic heterocycles. The molecule has 0 spiro atoms. The van der Waals surface area contributed by atoms with Crippen molar-refractivity contribution in [2.75, 3.05) is 6.61 Å². The molecule has 1 atom stereocenters. The first-order valence-electron chi connectivity index (χ1n) is 4.11. The van der Waals surface area contributed by atoms with Gasteiger partial charge >= 0.3 is 0 Å². The summed E-state index contributed by atoms with van der Waals surface area (Å²) in [7, 11) is 0. The van der Waals surface area contributed by atoms with Crippen LogP contribution in [0.15, 0.2) is 16.6 Å². The van der Waals surface area contributed by atoms with E-state index in [1.165, 1.54) is 12.1 Å². The van der Waals surface area contributed by atoms with E-state index in [2.05, 4.69) is 15.9 Å². The van der Waals surface area contributed by atoms with Gasteiger partial charge in [0.15, 0.2) is 0 Å². The second kappa shape index (κ2) is 4.72. The zero-order valence-electron chi connectivity index (χ0n) is 7.37. The summed E-state index contributed by atoms with van der Waals surface area (Å²) in [5, 5.41) is 18.0. The van der Waals surface area contributed by atoms with E-state index in [0.717, 1.165) is 0 Å². The Kier molecular flexibility index (Phi) is 3.86. The van der Waals surface area contributed by atoms with Gasteiger partial charge in [0.2, 0.25) is 0 Å². The summed E-state index contributed by atoms with van der Waals surface area (Å²) in [5.74, 6) is -0.766. The minimum absolute atomic E-state index is 0.0356. The number of halogens is 2. The van der Waals surface area contributed by atoms with Gasteiger partial charge in [0, 0.05) is 18.2 Å². The second-order valence-electron chi connectivity index (χ2n) is 2.91. The first-order valence-corrected chi connectivity index (χ1v) is 4.90. The molecule has 78 valence electrons. The number of hydrogen-bond acceptors (Lipinski definition) is 3. The van der Waals surface area contributed by atoms with E-state index in [1.54, 1.807) is 0 Å². The summed E-state index contributed by atoms with van der Waals surface area (Å²) >= 11 is 3.00. The maximum atomic E-state index is 13.5. The van der Waals surface area contributed by atoms with Crippen LogP contribution in [0.2, 0.25) is 0 Å². The normalized spacial score (nSPS) is 12.9. The topological polar surface area (TPSA) is 66.5 Å². The molecule has 0 aliphatic rings. The molecule has 0 radical (unpaired) electrons. The van der Waals surface area contributed by atoms with Crippen LogP contribution < -0.4 is 5.73 Å². The monoisotopic (exact) mass is 263 g/mol. The van der Waals surface area contributed by atoms with Gasteiger partial charge in [-0.05, 0) is 34.5 Å². The molecule has 0 fully saturated rings. The molecule has 1 unspecified atom stereocenters. The van der Waals surface area contributed by atoms with E-state index in [-0.39, 0.29) is 28.8 Å². The number of rotatable bonds is 3. The Bertz CT molecular complexity index is 333. The van der Waals surface area contributed by atoms with Crippen LogP contribution in [0.25, 0.3) is 0 Å². The average Bonchev–Trinajstić information content (AvgIpc) is 2.13. The zero-order chi connectivity index (χ0) is 10.7. The molecule has 0 heterocycles. The van der Waals surface area contributed by atoms with Crippen LogP contribution >= 0.6 is 15.9 Å². The number of nitrogens with two attached hydrogens (primary N) is 1. The van der Waals surface area contributed by atoms with Crippen molar-refractivity contribution in [2.45, 2.75) is 12.5 Å². The Balaban J connectivity index is 3.11. The Morgan fingerprint density at radius 3 is 2.71 bits per heavy atom. The van der Waals surface area contributed by atoms with Gasteiger partial charge in [0.05, 0.1) is 4.47 Å². The predicted molar refractivity (Wildman–Crippen MR) is 54.4 cm³/mol. The fourth-order valence-electron chi connectivity index (χ4n) is 1.19. The lowest BCUT2D eigenvalue weighted by Gasteiger charge is -2.13.